The Morgan fingerprint density at radius 3 is 2.53 bits per heavy atom. The molecular weight excluding hydrogens is 454 g/mol. The van der Waals surface area contributed by atoms with Crippen LogP contribution in [0.4, 0.5) is 5.69 Å². The number of hydrogen-bond acceptors (Lipinski definition) is 5. The lowest BCUT2D eigenvalue weighted by Crippen LogP contribution is -2.24. The monoisotopic (exact) mass is 479 g/mol. The van der Waals surface area contributed by atoms with Crippen molar-refractivity contribution in [2.24, 2.45) is 0 Å². The third kappa shape index (κ3) is 5.02. The molecule has 0 radical (unpaired) electrons. The Labute approximate surface area is 207 Å². The highest BCUT2D eigenvalue weighted by Gasteiger charge is 2.17. The van der Waals surface area contributed by atoms with Crippen LogP contribution in [0, 0.1) is 13.8 Å². The molecule has 0 aliphatic heterocycles. The number of aromatic amines is 1. The van der Waals surface area contributed by atoms with Crippen LogP contribution in [-0.2, 0) is 17.8 Å². The molecule has 5 rings (SSSR count). The van der Waals surface area contributed by atoms with Gasteiger partial charge in [0, 0.05) is 16.6 Å². The van der Waals surface area contributed by atoms with Gasteiger partial charge in [0.1, 0.15) is 11.5 Å². The molecule has 0 fully saturated rings. The first kappa shape index (κ1) is 23.0. The number of H-pyrrole nitrogens is 1. The number of nitrogens with zero attached hydrogens (tertiary/aromatic N) is 2. The lowest BCUT2D eigenvalue weighted by atomic mass is 10.1. The van der Waals surface area contributed by atoms with Gasteiger partial charge in [0.2, 0.25) is 11.8 Å². The molecule has 0 spiro atoms. The number of hydrogen-bond donors (Lipinski definition) is 3. The molecule has 0 bridgehead atoms. The zero-order valence-electron chi connectivity index (χ0n) is 20.0. The maximum atomic E-state index is 12.7. The van der Waals surface area contributed by atoms with Gasteiger partial charge in [-0.05, 0) is 55.8 Å². The first-order valence-electron chi connectivity index (χ1n) is 11.6. The zero-order chi connectivity index (χ0) is 25.1. The largest absolute Gasteiger partial charge is 0.441 e. The molecule has 0 aliphatic carbocycles. The normalized spacial score (nSPS) is 10.9. The van der Waals surface area contributed by atoms with Gasteiger partial charge in [-0.1, -0.05) is 42.0 Å². The van der Waals surface area contributed by atoms with Gasteiger partial charge in [-0.2, -0.15) is 5.10 Å². The van der Waals surface area contributed by atoms with Crippen molar-refractivity contribution in [3.63, 3.8) is 0 Å². The molecule has 0 saturated heterocycles. The molecule has 8 nitrogen and oxygen atoms in total. The van der Waals surface area contributed by atoms with Crippen LogP contribution in [0.1, 0.15) is 33.1 Å². The number of nitrogens with one attached hydrogen (secondary N) is 3. The summed E-state index contributed by atoms with van der Waals surface area (Å²) in [6.07, 6.45) is 0.310. The Hall–Kier alpha value is -4.72. The highest BCUT2D eigenvalue weighted by Crippen LogP contribution is 2.24. The SMILES string of the molecule is Cc1ccc2[nH]nc(C(=O)NCc3nc(-c4ccc(NC(=O)Cc5ccccc5)cc4)oc3C)c2c1. The molecule has 0 unspecified atom stereocenters. The van der Waals surface area contributed by atoms with E-state index in [4.69, 9.17) is 4.42 Å². The van der Waals surface area contributed by atoms with Crippen LogP contribution in [0.3, 0.4) is 0 Å². The standard InChI is InChI=1S/C28H25N5O3/c1-17-8-13-23-22(14-17)26(33-32-23)27(35)29-16-24-18(2)36-28(31-24)20-9-11-21(12-10-20)30-25(34)15-19-6-4-3-5-7-19/h3-14H,15-16H2,1-2H3,(H,29,35)(H,30,34)(H,32,33). The van der Waals surface area contributed by atoms with Crippen molar-refractivity contribution in [3.8, 4) is 11.5 Å². The van der Waals surface area contributed by atoms with Gasteiger partial charge in [-0.25, -0.2) is 4.98 Å². The van der Waals surface area contributed by atoms with Crippen LogP contribution in [0.5, 0.6) is 0 Å². The van der Waals surface area contributed by atoms with Gasteiger partial charge in [-0.3, -0.25) is 14.7 Å². The van der Waals surface area contributed by atoms with E-state index in [-0.39, 0.29) is 18.4 Å². The van der Waals surface area contributed by atoms with Gasteiger partial charge in [-0.15, -0.1) is 0 Å². The smallest absolute Gasteiger partial charge is 0.272 e. The van der Waals surface area contributed by atoms with Gasteiger partial charge in [0.25, 0.3) is 5.91 Å². The van der Waals surface area contributed by atoms with Gasteiger partial charge in [0.05, 0.1) is 18.5 Å². The van der Waals surface area contributed by atoms with Gasteiger partial charge >= 0.3 is 0 Å². The fraction of sp³-hybridized carbons (Fsp3) is 0.143. The van der Waals surface area contributed by atoms with Crippen molar-refractivity contribution >= 4 is 28.4 Å². The summed E-state index contributed by atoms with van der Waals surface area (Å²) in [5.41, 5.74) is 5.26. The quantitative estimate of drug-likeness (QED) is 0.306. The molecule has 0 aliphatic rings. The summed E-state index contributed by atoms with van der Waals surface area (Å²) in [4.78, 5) is 29.6. The van der Waals surface area contributed by atoms with E-state index in [0.29, 0.717) is 35.1 Å². The number of carbonyl (C=O) groups excluding carboxylic acids is 2. The summed E-state index contributed by atoms with van der Waals surface area (Å²) < 4.78 is 5.84. The molecule has 2 aromatic heterocycles. The Morgan fingerprint density at radius 2 is 1.75 bits per heavy atom. The molecule has 0 atom stereocenters. The Bertz CT molecular complexity index is 1540. The Balaban J connectivity index is 1.22. The summed E-state index contributed by atoms with van der Waals surface area (Å²) >= 11 is 0. The van der Waals surface area contributed by atoms with E-state index in [0.717, 1.165) is 27.6 Å². The van der Waals surface area contributed by atoms with Crippen molar-refractivity contribution in [1.29, 1.82) is 0 Å². The maximum Gasteiger partial charge on any atom is 0.272 e. The molecule has 2 heterocycles. The summed E-state index contributed by atoms with van der Waals surface area (Å²) in [6, 6.07) is 22.7. The summed E-state index contributed by atoms with van der Waals surface area (Å²) in [5, 5.41) is 13.6. The molecule has 36 heavy (non-hydrogen) atoms. The van der Waals surface area contributed by atoms with Crippen LogP contribution in [0.2, 0.25) is 0 Å². The third-order valence-electron chi connectivity index (χ3n) is 5.87. The minimum Gasteiger partial charge on any atom is -0.441 e. The number of carbonyl (C=O) groups is 2. The number of aromatic nitrogens is 3. The van der Waals surface area contributed by atoms with Crippen molar-refractivity contribution < 1.29 is 14.0 Å². The van der Waals surface area contributed by atoms with Gasteiger partial charge < -0.3 is 15.1 Å². The first-order valence-corrected chi connectivity index (χ1v) is 11.6. The van der Waals surface area contributed by atoms with Crippen molar-refractivity contribution in [2.75, 3.05) is 5.32 Å². The van der Waals surface area contributed by atoms with E-state index in [1.165, 1.54) is 0 Å². The van der Waals surface area contributed by atoms with E-state index in [9.17, 15) is 9.59 Å². The highest BCUT2D eigenvalue weighted by atomic mass is 16.4. The lowest BCUT2D eigenvalue weighted by Gasteiger charge is -2.06. The van der Waals surface area contributed by atoms with Crippen LogP contribution < -0.4 is 10.6 Å². The van der Waals surface area contributed by atoms with Crippen molar-refractivity contribution in [3.05, 3.63) is 101 Å². The number of aryl methyl sites for hydroxylation is 2. The number of anilines is 1. The lowest BCUT2D eigenvalue weighted by molar-refractivity contribution is -0.115. The van der Waals surface area contributed by atoms with Crippen LogP contribution in [0.25, 0.3) is 22.4 Å². The zero-order valence-corrected chi connectivity index (χ0v) is 20.0. The Kier molecular flexibility index (Phi) is 6.32. The minimum absolute atomic E-state index is 0.0844. The van der Waals surface area contributed by atoms with Gasteiger partial charge in [0.15, 0.2) is 5.69 Å². The summed E-state index contributed by atoms with van der Waals surface area (Å²) in [6.45, 7) is 3.99. The molecule has 180 valence electrons. The van der Waals surface area contributed by atoms with Crippen LogP contribution >= 0.6 is 0 Å². The molecule has 0 saturated carbocycles. The average molecular weight is 480 g/mol. The second-order valence-corrected chi connectivity index (χ2v) is 8.61. The number of fused-ring (bicyclic) bond motifs is 1. The molecule has 5 aromatic rings. The number of oxazole rings is 1. The minimum atomic E-state index is -0.286. The first-order chi connectivity index (χ1) is 17.5. The second kappa shape index (κ2) is 9.87. The van der Waals surface area contributed by atoms with E-state index in [1.807, 2.05) is 86.6 Å². The topological polar surface area (TPSA) is 113 Å². The fourth-order valence-corrected chi connectivity index (χ4v) is 3.95. The maximum absolute atomic E-state index is 12.7. The predicted octanol–water partition coefficient (Wildman–Crippen LogP) is 4.95. The highest BCUT2D eigenvalue weighted by molar-refractivity contribution is 6.04. The van der Waals surface area contributed by atoms with Crippen molar-refractivity contribution in [1.82, 2.24) is 20.5 Å². The van der Waals surface area contributed by atoms with E-state index >= 15 is 0 Å². The molecule has 3 aromatic carbocycles. The predicted molar refractivity (Wildman–Crippen MR) is 137 cm³/mol. The fourth-order valence-electron chi connectivity index (χ4n) is 3.95. The second-order valence-electron chi connectivity index (χ2n) is 8.61. The van der Waals surface area contributed by atoms with Crippen LogP contribution in [-0.4, -0.2) is 27.0 Å². The van der Waals surface area contributed by atoms with E-state index in [2.05, 4.69) is 25.8 Å². The molecular formula is C28H25N5O3. The van der Waals surface area contributed by atoms with Crippen molar-refractivity contribution in [2.45, 2.75) is 26.8 Å². The number of amides is 2. The number of rotatable bonds is 7. The average Bonchev–Trinajstić information content (AvgIpc) is 3.46. The summed E-state index contributed by atoms with van der Waals surface area (Å²) in [5.74, 6) is 0.693. The molecule has 3 N–H and O–H groups in total. The Morgan fingerprint density at radius 1 is 0.972 bits per heavy atom. The third-order valence-corrected chi connectivity index (χ3v) is 5.87. The molecule has 8 heteroatoms. The van der Waals surface area contributed by atoms with E-state index in [1.54, 1.807) is 0 Å². The molecule has 2 amide bonds. The number of benzene rings is 3. The van der Waals surface area contributed by atoms with Crippen LogP contribution in [0.15, 0.2) is 77.2 Å². The van der Waals surface area contributed by atoms with E-state index < -0.39 is 0 Å². The summed E-state index contributed by atoms with van der Waals surface area (Å²) in [7, 11) is 0.